The first kappa shape index (κ1) is 21.2. The van der Waals surface area contributed by atoms with Gasteiger partial charge in [0.15, 0.2) is 0 Å². The van der Waals surface area contributed by atoms with Crippen molar-refractivity contribution in [2.75, 3.05) is 5.32 Å². The number of sulfonamides is 1. The highest BCUT2D eigenvalue weighted by atomic mass is 35.5. The summed E-state index contributed by atoms with van der Waals surface area (Å²) in [5.41, 5.74) is 1.85. The number of hydrogen-bond acceptors (Lipinski definition) is 5. The summed E-state index contributed by atoms with van der Waals surface area (Å²) in [6, 6.07) is 9.14. The molecule has 0 atom stereocenters. The van der Waals surface area contributed by atoms with E-state index in [1.807, 2.05) is 24.3 Å². The van der Waals surface area contributed by atoms with Gasteiger partial charge in [-0.15, -0.1) is 11.3 Å². The number of aromatic nitrogens is 1. The number of fused-ring (bicyclic) bond motifs is 1. The zero-order chi connectivity index (χ0) is 20.6. The number of nitrogens with one attached hydrogen (secondary N) is 2. The minimum absolute atomic E-state index is 0.0522. The molecule has 1 fully saturated rings. The number of anilines is 1. The molecule has 29 heavy (non-hydrogen) atoms. The molecular weight excluding hydrogens is 473 g/mol. The van der Waals surface area contributed by atoms with E-state index in [1.165, 1.54) is 6.07 Å². The van der Waals surface area contributed by atoms with Crippen molar-refractivity contribution in [3.05, 3.63) is 50.2 Å². The standard InChI is InChI=1S/C19H18Cl3N3O2S2/c20-11-1-6-14-15(7-8-23-16(14)9-11)24-12-2-4-13(5-3-12)25-29(26,27)17-10-18(21)28-19(17)22/h1,6-10,12-13,25H,2-5H2,(H,23,24)/t12-,13+. The van der Waals surface area contributed by atoms with Crippen molar-refractivity contribution in [3.8, 4) is 0 Å². The maximum atomic E-state index is 12.6. The van der Waals surface area contributed by atoms with E-state index in [0.29, 0.717) is 9.36 Å². The molecule has 3 aromatic rings. The van der Waals surface area contributed by atoms with Crippen molar-refractivity contribution < 1.29 is 8.42 Å². The van der Waals surface area contributed by atoms with Crippen LogP contribution < -0.4 is 10.0 Å². The summed E-state index contributed by atoms with van der Waals surface area (Å²) in [4.78, 5) is 4.42. The average Bonchev–Trinajstić information content (AvgIpc) is 3.02. The lowest BCUT2D eigenvalue weighted by Gasteiger charge is -2.30. The Bertz CT molecular complexity index is 1140. The van der Waals surface area contributed by atoms with Crippen LogP contribution in [0.15, 0.2) is 41.4 Å². The molecule has 0 bridgehead atoms. The van der Waals surface area contributed by atoms with Crippen molar-refractivity contribution in [1.82, 2.24) is 9.71 Å². The second-order valence-electron chi connectivity index (χ2n) is 7.02. The molecule has 10 heteroatoms. The smallest absolute Gasteiger partial charge is 0.243 e. The summed E-state index contributed by atoms with van der Waals surface area (Å²) in [7, 11) is -3.68. The van der Waals surface area contributed by atoms with E-state index >= 15 is 0 Å². The predicted molar refractivity (Wildman–Crippen MR) is 121 cm³/mol. The van der Waals surface area contributed by atoms with Crippen LogP contribution in [-0.4, -0.2) is 25.5 Å². The van der Waals surface area contributed by atoms with E-state index in [2.05, 4.69) is 15.0 Å². The van der Waals surface area contributed by atoms with Gasteiger partial charge in [0.25, 0.3) is 0 Å². The molecule has 1 aliphatic carbocycles. The van der Waals surface area contributed by atoms with Gasteiger partial charge in [0.05, 0.1) is 9.85 Å². The molecule has 1 saturated carbocycles. The largest absolute Gasteiger partial charge is 0.382 e. The van der Waals surface area contributed by atoms with Gasteiger partial charge in [-0.05, 0) is 56.0 Å². The van der Waals surface area contributed by atoms with E-state index in [0.717, 1.165) is 53.6 Å². The van der Waals surface area contributed by atoms with Gasteiger partial charge in [-0.1, -0.05) is 34.8 Å². The fourth-order valence-electron chi connectivity index (χ4n) is 3.61. The fourth-order valence-corrected chi connectivity index (χ4v) is 7.23. The second kappa shape index (κ2) is 8.57. The maximum Gasteiger partial charge on any atom is 0.243 e. The first-order valence-corrected chi connectivity index (χ1v) is 12.5. The van der Waals surface area contributed by atoms with E-state index in [4.69, 9.17) is 34.8 Å². The van der Waals surface area contributed by atoms with Gasteiger partial charge in [-0.3, -0.25) is 4.98 Å². The third-order valence-corrected chi connectivity index (χ3v) is 8.54. The Balaban J connectivity index is 1.39. The van der Waals surface area contributed by atoms with Gasteiger partial charge in [0.1, 0.15) is 9.23 Å². The third kappa shape index (κ3) is 4.81. The Hall–Kier alpha value is -1.09. The van der Waals surface area contributed by atoms with Crippen LogP contribution in [0, 0.1) is 0 Å². The van der Waals surface area contributed by atoms with E-state index in [-0.39, 0.29) is 21.3 Å². The molecule has 1 aromatic carbocycles. The molecule has 2 heterocycles. The Morgan fingerprint density at radius 2 is 1.72 bits per heavy atom. The van der Waals surface area contributed by atoms with Crippen molar-refractivity contribution in [1.29, 1.82) is 0 Å². The quantitative estimate of drug-likeness (QED) is 0.463. The Morgan fingerprint density at radius 3 is 2.41 bits per heavy atom. The molecule has 0 saturated heterocycles. The van der Waals surface area contributed by atoms with Crippen LogP contribution in [0.3, 0.4) is 0 Å². The average molecular weight is 491 g/mol. The van der Waals surface area contributed by atoms with Crippen LogP contribution in [0.2, 0.25) is 13.7 Å². The van der Waals surface area contributed by atoms with Gasteiger partial charge in [0, 0.05) is 34.4 Å². The predicted octanol–water partition coefficient (Wildman–Crippen LogP) is 5.96. The fraction of sp³-hybridized carbons (Fsp3) is 0.316. The second-order valence-corrected chi connectivity index (χ2v) is 11.4. The molecule has 0 aliphatic heterocycles. The molecule has 2 aromatic heterocycles. The highest BCUT2D eigenvalue weighted by Gasteiger charge is 2.28. The van der Waals surface area contributed by atoms with Crippen LogP contribution in [0.5, 0.6) is 0 Å². The Kier molecular flexibility index (Phi) is 6.25. The summed E-state index contributed by atoms with van der Waals surface area (Å²) in [5.74, 6) is 0. The monoisotopic (exact) mass is 489 g/mol. The lowest BCUT2D eigenvalue weighted by Crippen LogP contribution is -2.40. The molecular formula is C19H18Cl3N3O2S2. The summed E-state index contributed by atoms with van der Waals surface area (Å²) in [6.45, 7) is 0. The molecule has 0 spiro atoms. The molecule has 154 valence electrons. The lowest BCUT2D eigenvalue weighted by molar-refractivity contribution is 0.387. The molecule has 1 aliphatic rings. The first-order chi connectivity index (χ1) is 13.8. The van der Waals surface area contributed by atoms with Crippen molar-refractivity contribution >= 4 is 72.8 Å². The zero-order valence-electron chi connectivity index (χ0n) is 15.2. The first-order valence-electron chi connectivity index (χ1n) is 9.10. The number of benzene rings is 1. The van der Waals surface area contributed by atoms with Crippen LogP contribution in [0.1, 0.15) is 25.7 Å². The topological polar surface area (TPSA) is 71.1 Å². The SMILES string of the molecule is O=S(=O)(N[C@H]1CC[C@@H](Nc2ccnc3cc(Cl)ccc23)CC1)c1cc(Cl)sc1Cl. The maximum absolute atomic E-state index is 12.6. The van der Waals surface area contributed by atoms with Crippen LogP contribution in [0.4, 0.5) is 5.69 Å². The van der Waals surface area contributed by atoms with Gasteiger partial charge in [-0.2, -0.15) is 0 Å². The molecule has 0 unspecified atom stereocenters. The zero-order valence-corrected chi connectivity index (χ0v) is 19.1. The number of nitrogens with zero attached hydrogens (tertiary/aromatic N) is 1. The highest BCUT2D eigenvalue weighted by Crippen LogP contribution is 2.35. The van der Waals surface area contributed by atoms with Crippen molar-refractivity contribution in [2.24, 2.45) is 0 Å². The third-order valence-electron chi connectivity index (χ3n) is 5.03. The van der Waals surface area contributed by atoms with E-state index < -0.39 is 10.0 Å². The number of hydrogen-bond donors (Lipinski definition) is 2. The summed E-state index contributed by atoms with van der Waals surface area (Å²) in [6.07, 6.45) is 4.93. The van der Waals surface area contributed by atoms with Gasteiger partial charge < -0.3 is 5.32 Å². The van der Waals surface area contributed by atoms with Gasteiger partial charge in [0.2, 0.25) is 10.0 Å². The van der Waals surface area contributed by atoms with Gasteiger partial charge >= 0.3 is 0 Å². The van der Waals surface area contributed by atoms with Crippen LogP contribution >= 0.6 is 46.1 Å². The van der Waals surface area contributed by atoms with Crippen molar-refractivity contribution in [3.63, 3.8) is 0 Å². The van der Waals surface area contributed by atoms with Gasteiger partial charge in [-0.25, -0.2) is 13.1 Å². The molecule has 5 nitrogen and oxygen atoms in total. The molecule has 2 N–H and O–H groups in total. The Labute approximate surface area is 188 Å². The number of halogens is 3. The summed E-state index contributed by atoms with van der Waals surface area (Å²) >= 11 is 19.0. The number of pyridine rings is 1. The van der Waals surface area contributed by atoms with E-state index in [9.17, 15) is 8.42 Å². The minimum Gasteiger partial charge on any atom is -0.382 e. The molecule has 4 rings (SSSR count). The van der Waals surface area contributed by atoms with E-state index in [1.54, 1.807) is 6.20 Å². The molecule has 0 radical (unpaired) electrons. The number of thiophene rings is 1. The normalized spacial score (nSPS) is 20.1. The highest BCUT2D eigenvalue weighted by molar-refractivity contribution is 7.89. The summed E-state index contributed by atoms with van der Waals surface area (Å²) < 4.78 is 28.5. The minimum atomic E-state index is -3.68. The van der Waals surface area contributed by atoms with Crippen LogP contribution in [0.25, 0.3) is 10.9 Å². The van der Waals surface area contributed by atoms with Crippen LogP contribution in [-0.2, 0) is 10.0 Å². The molecule has 0 amide bonds. The number of rotatable bonds is 5. The Morgan fingerprint density at radius 1 is 1.00 bits per heavy atom. The lowest BCUT2D eigenvalue weighted by atomic mass is 9.91. The van der Waals surface area contributed by atoms with Crippen molar-refractivity contribution in [2.45, 2.75) is 42.7 Å². The summed E-state index contributed by atoms with van der Waals surface area (Å²) in [5, 5.41) is 5.25.